The van der Waals surface area contributed by atoms with Gasteiger partial charge in [0.05, 0.1) is 5.75 Å². The zero-order valence-corrected chi connectivity index (χ0v) is 17.3. The van der Waals surface area contributed by atoms with Crippen molar-refractivity contribution >= 4 is 29.3 Å². The Bertz CT molecular complexity index is 1080. The second kappa shape index (κ2) is 8.00. The monoisotopic (exact) mass is 414 g/mol. The van der Waals surface area contributed by atoms with Crippen molar-refractivity contribution in [2.24, 2.45) is 0 Å². The lowest BCUT2D eigenvalue weighted by Crippen LogP contribution is -2.29. The molecule has 0 radical (unpaired) electrons. The minimum Gasteiger partial charge on any atom is -0.322 e. The summed E-state index contributed by atoms with van der Waals surface area (Å²) in [5, 5.41) is -0.0191. The van der Waals surface area contributed by atoms with Crippen molar-refractivity contribution in [1.29, 1.82) is 0 Å². The summed E-state index contributed by atoms with van der Waals surface area (Å²) in [6.07, 6.45) is 0.898. The molecule has 0 N–H and O–H groups in total. The topological polar surface area (TPSA) is 40.6 Å². The predicted octanol–water partition coefficient (Wildman–Crippen LogP) is 4.66. The van der Waals surface area contributed by atoms with Crippen molar-refractivity contribution in [1.82, 2.24) is 4.90 Å². The third kappa shape index (κ3) is 3.50. The molecule has 0 bridgehead atoms. The van der Waals surface area contributed by atoms with Gasteiger partial charge in [0, 0.05) is 24.3 Å². The molecular formula is C25H22N2O2S. The molecule has 0 aromatic heterocycles. The molecule has 1 atom stereocenters. The van der Waals surface area contributed by atoms with Crippen molar-refractivity contribution in [2.45, 2.75) is 18.3 Å². The SMILES string of the molecule is O=C(c1ccc([C@H]2SCC(=O)N2Cc2ccccc2)cc1)N1CCc2ccccc21. The molecule has 5 heteroatoms. The number of thioether (sulfide) groups is 1. The van der Waals surface area contributed by atoms with Gasteiger partial charge in [-0.25, -0.2) is 0 Å². The van der Waals surface area contributed by atoms with Crippen LogP contribution in [0.15, 0.2) is 78.9 Å². The lowest BCUT2D eigenvalue weighted by atomic mass is 10.1. The first kappa shape index (κ1) is 18.9. The molecule has 3 aromatic carbocycles. The summed E-state index contributed by atoms with van der Waals surface area (Å²) in [6, 6.07) is 25.9. The summed E-state index contributed by atoms with van der Waals surface area (Å²) in [4.78, 5) is 29.3. The number of benzene rings is 3. The van der Waals surface area contributed by atoms with E-state index >= 15 is 0 Å². The molecule has 30 heavy (non-hydrogen) atoms. The van der Waals surface area contributed by atoms with Gasteiger partial charge in [0.2, 0.25) is 5.91 Å². The highest BCUT2D eigenvalue weighted by Crippen LogP contribution is 2.39. The standard InChI is InChI=1S/C25H22N2O2S/c28-23-17-30-25(27(23)16-18-6-2-1-3-7-18)21-12-10-20(11-13-21)24(29)26-15-14-19-8-4-5-9-22(19)26/h1-13,25H,14-17H2/t25-/m1/s1. The van der Waals surface area contributed by atoms with Gasteiger partial charge in [-0.05, 0) is 41.3 Å². The highest BCUT2D eigenvalue weighted by molar-refractivity contribution is 8.00. The second-order valence-electron chi connectivity index (χ2n) is 7.63. The Morgan fingerprint density at radius 2 is 1.67 bits per heavy atom. The molecule has 1 saturated heterocycles. The normalized spacial score (nSPS) is 18.0. The Kier molecular flexibility index (Phi) is 5.05. The number of hydrogen-bond donors (Lipinski definition) is 0. The van der Waals surface area contributed by atoms with Gasteiger partial charge in [0.15, 0.2) is 0 Å². The molecule has 5 rings (SSSR count). The van der Waals surface area contributed by atoms with E-state index in [-0.39, 0.29) is 17.2 Å². The highest BCUT2D eigenvalue weighted by Gasteiger charge is 2.33. The molecule has 150 valence electrons. The second-order valence-corrected chi connectivity index (χ2v) is 8.70. The summed E-state index contributed by atoms with van der Waals surface area (Å²) in [5.41, 5.74) is 5.09. The van der Waals surface area contributed by atoms with E-state index in [0.717, 1.165) is 29.8 Å². The lowest BCUT2D eigenvalue weighted by molar-refractivity contribution is -0.128. The minimum atomic E-state index is -0.0191. The molecule has 4 nitrogen and oxygen atoms in total. The summed E-state index contributed by atoms with van der Waals surface area (Å²) in [6.45, 7) is 1.32. The third-order valence-corrected chi connectivity index (χ3v) is 6.99. The van der Waals surface area contributed by atoms with Crippen LogP contribution >= 0.6 is 11.8 Å². The number of para-hydroxylation sites is 1. The summed E-state index contributed by atoms with van der Waals surface area (Å²) >= 11 is 1.64. The van der Waals surface area contributed by atoms with Crippen molar-refractivity contribution in [3.8, 4) is 0 Å². The predicted molar refractivity (Wildman–Crippen MR) is 120 cm³/mol. The van der Waals surface area contributed by atoms with E-state index in [9.17, 15) is 9.59 Å². The summed E-state index contributed by atoms with van der Waals surface area (Å²) < 4.78 is 0. The van der Waals surface area contributed by atoms with Gasteiger partial charge in [0.25, 0.3) is 5.91 Å². The van der Waals surface area contributed by atoms with Crippen LogP contribution in [0.5, 0.6) is 0 Å². The van der Waals surface area contributed by atoms with Crippen LogP contribution in [0.25, 0.3) is 0 Å². The zero-order valence-electron chi connectivity index (χ0n) is 16.5. The number of amides is 2. The van der Waals surface area contributed by atoms with Crippen molar-refractivity contribution < 1.29 is 9.59 Å². The molecule has 0 unspecified atom stereocenters. The largest absolute Gasteiger partial charge is 0.322 e. The van der Waals surface area contributed by atoms with Crippen LogP contribution in [-0.4, -0.2) is 29.0 Å². The maximum Gasteiger partial charge on any atom is 0.258 e. The molecule has 2 aliphatic heterocycles. The zero-order chi connectivity index (χ0) is 20.5. The van der Waals surface area contributed by atoms with Crippen LogP contribution in [-0.2, 0) is 17.8 Å². The first-order valence-electron chi connectivity index (χ1n) is 10.2. The Labute approximate surface area is 180 Å². The lowest BCUT2D eigenvalue weighted by Gasteiger charge is -2.24. The molecule has 0 spiro atoms. The van der Waals surface area contributed by atoms with E-state index in [4.69, 9.17) is 0 Å². The molecule has 3 aromatic rings. The van der Waals surface area contributed by atoms with E-state index in [1.54, 1.807) is 11.8 Å². The van der Waals surface area contributed by atoms with E-state index in [0.29, 0.717) is 17.9 Å². The van der Waals surface area contributed by atoms with Crippen LogP contribution in [0, 0.1) is 0 Å². The average molecular weight is 415 g/mol. The Balaban J connectivity index is 1.34. The van der Waals surface area contributed by atoms with E-state index < -0.39 is 0 Å². The van der Waals surface area contributed by atoms with Gasteiger partial charge in [-0.15, -0.1) is 11.8 Å². The minimum absolute atomic E-state index is 0.0191. The van der Waals surface area contributed by atoms with Crippen LogP contribution in [0.2, 0.25) is 0 Å². The van der Waals surface area contributed by atoms with Gasteiger partial charge in [-0.3, -0.25) is 9.59 Å². The smallest absolute Gasteiger partial charge is 0.258 e. The average Bonchev–Trinajstić information content (AvgIpc) is 3.38. The van der Waals surface area contributed by atoms with Crippen LogP contribution in [0.4, 0.5) is 5.69 Å². The van der Waals surface area contributed by atoms with Gasteiger partial charge in [0.1, 0.15) is 5.37 Å². The molecule has 1 fully saturated rings. The summed E-state index contributed by atoms with van der Waals surface area (Å²) in [5.74, 6) is 0.674. The fourth-order valence-electron chi connectivity index (χ4n) is 4.18. The van der Waals surface area contributed by atoms with Gasteiger partial charge in [-0.2, -0.15) is 0 Å². The first-order valence-corrected chi connectivity index (χ1v) is 11.2. The number of anilines is 1. The van der Waals surface area contributed by atoms with Gasteiger partial charge >= 0.3 is 0 Å². The molecule has 2 amide bonds. The number of carbonyl (C=O) groups is 2. The van der Waals surface area contributed by atoms with E-state index in [2.05, 4.69) is 6.07 Å². The molecular weight excluding hydrogens is 392 g/mol. The maximum atomic E-state index is 13.1. The fourth-order valence-corrected chi connectivity index (χ4v) is 5.36. The molecule has 2 aliphatic rings. The van der Waals surface area contributed by atoms with Crippen molar-refractivity contribution in [2.75, 3.05) is 17.2 Å². The van der Waals surface area contributed by atoms with Gasteiger partial charge in [-0.1, -0.05) is 60.7 Å². The number of hydrogen-bond acceptors (Lipinski definition) is 3. The number of rotatable bonds is 4. The maximum absolute atomic E-state index is 13.1. The Morgan fingerprint density at radius 1 is 0.933 bits per heavy atom. The Morgan fingerprint density at radius 3 is 2.47 bits per heavy atom. The van der Waals surface area contributed by atoms with Gasteiger partial charge < -0.3 is 9.80 Å². The van der Waals surface area contributed by atoms with Crippen molar-refractivity contribution in [3.05, 3.63) is 101 Å². The van der Waals surface area contributed by atoms with Crippen LogP contribution < -0.4 is 4.90 Å². The van der Waals surface area contributed by atoms with E-state index in [1.807, 2.05) is 82.6 Å². The Hall–Kier alpha value is -3.05. The fraction of sp³-hybridized carbons (Fsp3) is 0.200. The number of nitrogens with zero attached hydrogens (tertiary/aromatic N) is 2. The highest BCUT2D eigenvalue weighted by atomic mass is 32.2. The number of carbonyl (C=O) groups excluding carboxylic acids is 2. The van der Waals surface area contributed by atoms with Crippen LogP contribution in [0.1, 0.15) is 32.4 Å². The summed E-state index contributed by atoms with van der Waals surface area (Å²) in [7, 11) is 0. The van der Waals surface area contributed by atoms with E-state index in [1.165, 1.54) is 5.56 Å². The quantitative estimate of drug-likeness (QED) is 0.623. The van der Waals surface area contributed by atoms with Crippen LogP contribution in [0.3, 0.4) is 0 Å². The first-order chi connectivity index (χ1) is 14.7. The third-order valence-electron chi connectivity index (χ3n) is 5.74. The van der Waals surface area contributed by atoms with Crippen molar-refractivity contribution in [3.63, 3.8) is 0 Å². The molecule has 0 aliphatic carbocycles. The molecule has 2 heterocycles. The molecule has 0 saturated carbocycles. The number of fused-ring (bicyclic) bond motifs is 1.